The SMILES string of the molecule is Oc1ccc(C2CCC(CC3CCCC3)OC2)c(F)c1F. The van der Waals surface area contributed by atoms with E-state index in [1.54, 1.807) is 0 Å². The highest BCUT2D eigenvalue weighted by Gasteiger charge is 2.29. The molecular formula is C17H22F2O2. The monoisotopic (exact) mass is 296 g/mol. The molecule has 2 unspecified atom stereocenters. The molecule has 1 heterocycles. The zero-order chi connectivity index (χ0) is 14.8. The number of phenolic OH excluding ortho intramolecular Hbond substituents is 1. The molecule has 2 fully saturated rings. The Labute approximate surface area is 124 Å². The third-order valence-electron chi connectivity index (χ3n) is 4.97. The number of hydrogen-bond acceptors (Lipinski definition) is 2. The molecule has 1 aromatic rings. The van der Waals surface area contributed by atoms with E-state index in [1.807, 2.05) is 0 Å². The van der Waals surface area contributed by atoms with E-state index in [0.29, 0.717) is 12.2 Å². The van der Waals surface area contributed by atoms with Gasteiger partial charge in [0.1, 0.15) is 0 Å². The predicted molar refractivity (Wildman–Crippen MR) is 76.3 cm³/mol. The van der Waals surface area contributed by atoms with E-state index in [9.17, 15) is 13.9 Å². The summed E-state index contributed by atoms with van der Waals surface area (Å²) in [5.41, 5.74) is 0.324. The molecule has 4 heteroatoms. The van der Waals surface area contributed by atoms with Crippen molar-refractivity contribution in [3.63, 3.8) is 0 Å². The molecule has 2 aliphatic rings. The average Bonchev–Trinajstić information content (AvgIpc) is 2.99. The molecule has 0 aromatic heterocycles. The Morgan fingerprint density at radius 3 is 2.48 bits per heavy atom. The smallest absolute Gasteiger partial charge is 0.200 e. The van der Waals surface area contributed by atoms with Crippen molar-refractivity contribution in [2.24, 2.45) is 5.92 Å². The van der Waals surface area contributed by atoms with Crippen molar-refractivity contribution in [3.8, 4) is 5.75 Å². The van der Waals surface area contributed by atoms with E-state index in [-0.39, 0.29) is 12.0 Å². The van der Waals surface area contributed by atoms with Gasteiger partial charge in [0.15, 0.2) is 11.6 Å². The van der Waals surface area contributed by atoms with E-state index < -0.39 is 17.4 Å². The third-order valence-corrected chi connectivity index (χ3v) is 4.97. The van der Waals surface area contributed by atoms with Crippen LogP contribution in [0.5, 0.6) is 5.75 Å². The fraction of sp³-hybridized carbons (Fsp3) is 0.647. The summed E-state index contributed by atoms with van der Waals surface area (Å²) in [6.07, 6.45) is 8.38. The maximum Gasteiger partial charge on any atom is 0.200 e. The van der Waals surface area contributed by atoms with Crippen molar-refractivity contribution in [2.75, 3.05) is 6.61 Å². The molecule has 1 N–H and O–H groups in total. The first-order valence-corrected chi connectivity index (χ1v) is 7.93. The van der Waals surface area contributed by atoms with E-state index in [0.717, 1.165) is 25.2 Å². The van der Waals surface area contributed by atoms with Gasteiger partial charge in [-0.1, -0.05) is 31.7 Å². The Hall–Kier alpha value is -1.16. The Balaban J connectivity index is 1.59. The Bertz CT molecular complexity index is 490. The van der Waals surface area contributed by atoms with Gasteiger partial charge in [-0.25, -0.2) is 4.39 Å². The normalized spacial score (nSPS) is 27.1. The van der Waals surface area contributed by atoms with E-state index >= 15 is 0 Å². The van der Waals surface area contributed by atoms with Crippen LogP contribution in [0.2, 0.25) is 0 Å². The second-order valence-electron chi connectivity index (χ2n) is 6.42. The lowest BCUT2D eigenvalue weighted by atomic mass is 9.88. The molecular weight excluding hydrogens is 274 g/mol. The van der Waals surface area contributed by atoms with Gasteiger partial charge in [0.05, 0.1) is 12.7 Å². The minimum absolute atomic E-state index is 0.111. The molecule has 2 nitrogen and oxygen atoms in total. The molecule has 21 heavy (non-hydrogen) atoms. The lowest BCUT2D eigenvalue weighted by Crippen LogP contribution is -2.27. The minimum atomic E-state index is -1.15. The fourth-order valence-corrected chi connectivity index (χ4v) is 3.72. The highest BCUT2D eigenvalue weighted by atomic mass is 19.2. The Morgan fingerprint density at radius 2 is 1.81 bits per heavy atom. The maximum atomic E-state index is 13.9. The molecule has 116 valence electrons. The molecule has 3 rings (SSSR count). The molecule has 2 atom stereocenters. The number of phenols is 1. The Morgan fingerprint density at radius 1 is 1.05 bits per heavy atom. The lowest BCUT2D eigenvalue weighted by Gasteiger charge is -2.31. The van der Waals surface area contributed by atoms with Crippen LogP contribution in [0.3, 0.4) is 0 Å². The summed E-state index contributed by atoms with van der Waals surface area (Å²) in [5, 5.41) is 9.18. The average molecular weight is 296 g/mol. The summed E-state index contributed by atoms with van der Waals surface area (Å²) >= 11 is 0. The number of aromatic hydroxyl groups is 1. The molecule has 1 aliphatic carbocycles. The summed E-state index contributed by atoms with van der Waals surface area (Å²) in [6, 6.07) is 2.69. The first-order chi connectivity index (χ1) is 10.1. The molecule has 1 aliphatic heterocycles. The van der Waals surface area contributed by atoms with Crippen LogP contribution < -0.4 is 0 Å². The number of ether oxygens (including phenoxy) is 1. The van der Waals surface area contributed by atoms with Gasteiger partial charge < -0.3 is 9.84 Å². The zero-order valence-corrected chi connectivity index (χ0v) is 12.2. The van der Waals surface area contributed by atoms with Crippen molar-refractivity contribution < 1.29 is 18.6 Å². The topological polar surface area (TPSA) is 29.5 Å². The summed E-state index contributed by atoms with van der Waals surface area (Å²) in [7, 11) is 0. The molecule has 0 amide bonds. The van der Waals surface area contributed by atoms with Crippen LogP contribution in [0.15, 0.2) is 12.1 Å². The van der Waals surface area contributed by atoms with Gasteiger partial charge in [-0.05, 0) is 36.8 Å². The molecule has 1 saturated heterocycles. The third kappa shape index (κ3) is 3.20. The standard InChI is InChI=1S/C17H22F2O2/c18-16-14(7-8-15(20)17(16)19)12-5-6-13(21-10-12)9-11-3-1-2-4-11/h7-8,11-13,20H,1-6,9-10H2. The van der Waals surface area contributed by atoms with Crippen molar-refractivity contribution in [3.05, 3.63) is 29.3 Å². The fourth-order valence-electron chi connectivity index (χ4n) is 3.72. The van der Waals surface area contributed by atoms with Crippen LogP contribution >= 0.6 is 0 Å². The molecule has 0 radical (unpaired) electrons. The van der Waals surface area contributed by atoms with Gasteiger partial charge in [0.2, 0.25) is 5.82 Å². The van der Waals surface area contributed by atoms with Gasteiger partial charge in [0.25, 0.3) is 0 Å². The summed E-state index contributed by atoms with van der Waals surface area (Å²) < 4.78 is 33.2. The van der Waals surface area contributed by atoms with Crippen LogP contribution in [0.4, 0.5) is 8.78 Å². The Kier molecular flexibility index (Phi) is 4.43. The highest BCUT2D eigenvalue weighted by molar-refractivity contribution is 5.32. The van der Waals surface area contributed by atoms with Gasteiger partial charge in [0, 0.05) is 5.92 Å². The van der Waals surface area contributed by atoms with Gasteiger partial charge >= 0.3 is 0 Å². The van der Waals surface area contributed by atoms with Gasteiger partial charge in [-0.3, -0.25) is 0 Å². The second kappa shape index (κ2) is 6.30. The summed E-state index contributed by atoms with van der Waals surface area (Å²) in [4.78, 5) is 0. The quantitative estimate of drug-likeness (QED) is 0.889. The maximum absolute atomic E-state index is 13.9. The van der Waals surface area contributed by atoms with Crippen LogP contribution in [0.25, 0.3) is 0 Å². The van der Waals surface area contributed by atoms with Crippen molar-refractivity contribution in [1.29, 1.82) is 0 Å². The molecule has 0 bridgehead atoms. The largest absolute Gasteiger partial charge is 0.505 e. The number of hydrogen-bond donors (Lipinski definition) is 1. The molecule has 1 aromatic carbocycles. The number of rotatable bonds is 3. The van der Waals surface area contributed by atoms with Gasteiger partial charge in [-0.2, -0.15) is 4.39 Å². The number of halogens is 2. The van der Waals surface area contributed by atoms with Crippen molar-refractivity contribution in [1.82, 2.24) is 0 Å². The van der Waals surface area contributed by atoms with Crippen LogP contribution in [0, 0.1) is 17.6 Å². The lowest BCUT2D eigenvalue weighted by molar-refractivity contribution is -0.0100. The van der Waals surface area contributed by atoms with Crippen LogP contribution in [-0.4, -0.2) is 17.8 Å². The highest BCUT2D eigenvalue weighted by Crippen LogP contribution is 2.36. The van der Waals surface area contributed by atoms with Crippen molar-refractivity contribution in [2.45, 2.75) is 57.0 Å². The second-order valence-corrected chi connectivity index (χ2v) is 6.42. The van der Waals surface area contributed by atoms with E-state index in [4.69, 9.17) is 4.74 Å². The number of benzene rings is 1. The van der Waals surface area contributed by atoms with E-state index in [2.05, 4.69) is 0 Å². The van der Waals surface area contributed by atoms with E-state index in [1.165, 1.54) is 37.8 Å². The summed E-state index contributed by atoms with van der Waals surface area (Å²) in [5.74, 6) is -2.04. The predicted octanol–water partition coefficient (Wildman–Crippen LogP) is 4.51. The first-order valence-electron chi connectivity index (χ1n) is 7.93. The molecule has 1 saturated carbocycles. The van der Waals surface area contributed by atoms with Crippen LogP contribution in [0.1, 0.15) is 56.4 Å². The van der Waals surface area contributed by atoms with Crippen LogP contribution in [-0.2, 0) is 4.74 Å². The summed E-state index contributed by atoms with van der Waals surface area (Å²) in [6.45, 7) is 0.443. The first kappa shape index (κ1) is 14.8. The zero-order valence-electron chi connectivity index (χ0n) is 12.2. The molecule has 0 spiro atoms. The minimum Gasteiger partial charge on any atom is -0.505 e. The van der Waals surface area contributed by atoms with Gasteiger partial charge in [-0.15, -0.1) is 0 Å². The van der Waals surface area contributed by atoms with Crippen molar-refractivity contribution >= 4 is 0 Å².